The fourth-order valence-corrected chi connectivity index (χ4v) is 0.822. The summed E-state index contributed by atoms with van der Waals surface area (Å²) in [5.41, 5.74) is 0. The van der Waals surface area contributed by atoms with Gasteiger partial charge in [0.15, 0.2) is 5.11 Å². The maximum atomic E-state index is 11.6. The molecule has 0 aliphatic heterocycles. The summed E-state index contributed by atoms with van der Waals surface area (Å²) < 4.78 is 11.6. The zero-order valence-electron chi connectivity index (χ0n) is 7.14. The van der Waals surface area contributed by atoms with Crippen molar-refractivity contribution in [3.63, 3.8) is 0 Å². The van der Waals surface area contributed by atoms with E-state index in [2.05, 4.69) is 10.6 Å². The highest BCUT2D eigenvalue weighted by molar-refractivity contribution is 7.80. The molecule has 0 aromatic heterocycles. The second-order valence-corrected chi connectivity index (χ2v) is 2.92. The minimum Gasteiger partial charge on any atom is -0.393 e. The molecule has 0 radical (unpaired) electrons. The van der Waals surface area contributed by atoms with E-state index in [1.54, 1.807) is 6.92 Å². The summed E-state index contributed by atoms with van der Waals surface area (Å²) in [6.45, 7) is 2.12. The molecule has 0 aromatic rings. The summed E-state index contributed by atoms with van der Waals surface area (Å²) in [4.78, 5) is 0. The van der Waals surface area contributed by atoms with Crippen molar-refractivity contribution in [2.75, 3.05) is 19.8 Å². The number of nitrogens with one attached hydrogen (secondary N) is 2. The summed E-state index contributed by atoms with van der Waals surface area (Å²) in [5.74, 6) is 0. The molecule has 0 saturated heterocycles. The van der Waals surface area contributed by atoms with Gasteiger partial charge < -0.3 is 15.7 Å². The van der Waals surface area contributed by atoms with Crippen LogP contribution >= 0.6 is 12.2 Å². The Labute approximate surface area is 77.3 Å². The molecular weight excluding hydrogens is 179 g/mol. The normalized spacial score (nSPS) is 12.2. The predicted octanol–water partition coefficient (Wildman–Crippen LogP) is 0.191. The molecule has 3 N–H and O–H groups in total. The van der Waals surface area contributed by atoms with Gasteiger partial charge in [-0.3, -0.25) is 0 Å². The summed E-state index contributed by atoms with van der Waals surface area (Å²) in [7, 11) is 0. The Morgan fingerprint density at radius 2 is 2.08 bits per heavy atom. The third kappa shape index (κ3) is 7.68. The molecule has 0 bridgehead atoms. The first kappa shape index (κ1) is 11.6. The van der Waals surface area contributed by atoms with Crippen molar-refractivity contribution in [2.24, 2.45) is 0 Å². The first-order chi connectivity index (χ1) is 5.66. The molecule has 1 atom stereocenters. The van der Waals surface area contributed by atoms with Crippen LogP contribution in [0, 0.1) is 0 Å². The zero-order chi connectivity index (χ0) is 9.40. The smallest absolute Gasteiger partial charge is 0.166 e. The van der Waals surface area contributed by atoms with Gasteiger partial charge in [-0.25, -0.2) is 4.39 Å². The maximum absolute atomic E-state index is 11.6. The van der Waals surface area contributed by atoms with Crippen LogP contribution < -0.4 is 10.6 Å². The van der Waals surface area contributed by atoms with Crippen LogP contribution in [0.1, 0.15) is 13.3 Å². The van der Waals surface area contributed by atoms with Gasteiger partial charge in [-0.1, -0.05) is 0 Å². The second kappa shape index (κ2) is 7.24. The van der Waals surface area contributed by atoms with E-state index in [0.29, 0.717) is 18.1 Å². The molecule has 72 valence electrons. The van der Waals surface area contributed by atoms with E-state index < -0.39 is 6.67 Å². The van der Waals surface area contributed by atoms with Gasteiger partial charge in [-0.2, -0.15) is 0 Å². The van der Waals surface area contributed by atoms with Crippen molar-refractivity contribution in [1.29, 1.82) is 0 Å². The molecule has 12 heavy (non-hydrogen) atoms. The molecule has 1 unspecified atom stereocenters. The van der Waals surface area contributed by atoms with Gasteiger partial charge in [0.05, 0.1) is 6.10 Å². The van der Waals surface area contributed by atoms with Crippen LogP contribution in [-0.2, 0) is 0 Å². The lowest BCUT2D eigenvalue weighted by atomic mass is 10.3. The van der Waals surface area contributed by atoms with Crippen LogP contribution in [0.5, 0.6) is 0 Å². The number of aliphatic hydroxyl groups is 1. The quantitative estimate of drug-likeness (QED) is 0.547. The highest BCUT2D eigenvalue weighted by atomic mass is 32.1. The predicted molar refractivity (Wildman–Crippen MR) is 50.9 cm³/mol. The molecule has 3 nitrogen and oxygen atoms in total. The fraction of sp³-hybridized carbons (Fsp3) is 0.857. The molecule has 0 spiro atoms. The molecule has 0 saturated carbocycles. The molecule has 0 heterocycles. The van der Waals surface area contributed by atoms with Crippen LogP contribution in [0.15, 0.2) is 0 Å². The number of aliphatic hydroxyl groups excluding tert-OH is 1. The van der Waals surface area contributed by atoms with Gasteiger partial charge in [0, 0.05) is 13.1 Å². The molecule has 0 aliphatic carbocycles. The monoisotopic (exact) mass is 194 g/mol. The van der Waals surface area contributed by atoms with E-state index in [9.17, 15) is 4.39 Å². The molecule has 0 amide bonds. The minimum atomic E-state index is -0.432. The standard InChI is InChI=1S/C7H15FN2OS/c1-6(11)2-4-9-7(12)10-5-3-8/h6,11H,2-5H2,1H3,(H2,9,10,12). The van der Waals surface area contributed by atoms with E-state index in [4.69, 9.17) is 17.3 Å². The van der Waals surface area contributed by atoms with Crippen molar-refractivity contribution in [1.82, 2.24) is 10.6 Å². The van der Waals surface area contributed by atoms with Gasteiger partial charge in [0.1, 0.15) is 6.67 Å². The van der Waals surface area contributed by atoms with Crippen molar-refractivity contribution in [3.8, 4) is 0 Å². The molecule has 5 heteroatoms. The highest BCUT2D eigenvalue weighted by Gasteiger charge is 1.96. The lowest BCUT2D eigenvalue weighted by Gasteiger charge is -2.09. The summed E-state index contributed by atoms with van der Waals surface area (Å²) >= 11 is 4.80. The number of rotatable bonds is 5. The Hall–Kier alpha value is -0.420. The van der Waals surface area contributed by atoms with Crippen LogP contribution in [0.25, 0.3) is 0 Å². The summed E-state index contributed by atoms with van der Waals surface area (Å²) in [6.07, 6.45) is 0.304. The van der Waals surface area contributed by atoms with E-state index in [0.717, 1.165) is 0 Å². The molecular formula is C7H15FN2OS. The number of hydrogen-bond donors (Lipinski definition) is 3. The molecule has 0 aromatic carbocycles. The van der Waals surface area contributed by atoms with Crippen LogP contribution in [0.2, 0.25) is 0 Å². The Bertz CT molecular complexity index is 133. The van der Waals surface area contributed by atoms with Crippen molar-refractivity contribution >= 4 is 17.3 Å². The topological polar surface area (TPSA) is 44.3 Å². The fourth-order valence-electron chi connectivity index (χ4n) is 0.618. The maximum Gasteiger partial charge on any atom is 0.166 e. The SMILES string of the molecule is CC(O)CCNC(=S)NCCF. The molecule has 0 aliphatic rings. The van der Waals surface area contributed by atoms with Gasteiger partial charge in [0.25, 0.3) is 0 Å². The summed E-state index contributed by atoms with van der Waals surface area (Å²) in [6, 6.07) is 0. The third-order valence-electron chi connectivity index (χ3n) is 1.23. The Morgan fingerprint density at radius 1 is 1.50 bits per heavy atom. The molecule has 0 fully saturated rings. The van der Waals surface area contributed by atoms with Crippen molar-refractivity contribution in [3.05, 3.63) is 0 Å². The Balaban J connectivity index is 3.20. The third-order valence-corrected chi connectivity index (χ3v) is 1.52. The Kier molecular flexibility index (Phi) is 6.99. The average molecular weight is 194 g/mol. The minimum absolute atomic E-state index is 0.237. The van der Waals surface area contributed by atoms with Crippen LogP contribution in [0.3, 0.4) is 0 Å². The van der Waals surface area contributed by atoms with E-state index in [1.807, 2.05) is 0 Å². The highest BCUT2D eigenvalue weighted by Crippen LogP contribution is 1.85. The largest absolute Gasteiger partial charge is 0.393 e. The number of halogens is 1. The van der Waals surface area contributed by atoms with Crippen LogP contribution in [-0.4, -0.2) is 36.1 Å². The Morgan fingerprint density at radius 3 is 2.58 bits per heavy atom. The first-order valence-corrected chi connectivity index (χ1v) is 4.33. The van der Waals surface area contributed by atoms with Gasteiger partial charge in [0.2, 0.25) is 0 Å². The van der Waals surface area contributed by atoms with Gasteiger partial charge in [-0.05, 0) is 25.6 Å². The second-order valence-electron chi connectivity index (χ2n) is 2.51. The number of hydrogen-bond acceptors (Lipinski definition) is 2. The number of alkyl halides is 1. The van der Waals surface area contributed by atoms with E-state index in [-0.39, 0.29) is 12.6 Å². The van der Waals surface area contributed by atoms with Gasteiger partial charge in [-0.15, -0.1) is 0 Å². The lowest BCUT2D eigenvalue weighted by Crippen LogP contribution is -2.37. The zero-order valence-corrected chi connectivity index (χ0v) is 7.96. The van der Waals surface area contributed by atoms with Crippen molar-refractivity contribution in [2.45, 2.75) is 19.4 Å². The van der Waals surface area contributed by atoms with Crippen LogP contribution in [0.4, 0.5) is 4.39 Å². The van der Waals surface area contributed by atoms with Gasteiger partial charge >= 0.3 is 0 Å². The summed E-state index contributed by atoms with van der Waals surface area (Å²) in [5, 5.41) is 14.8. The van der Waals surface area contributed by atoms with Crippen molar-refractivity contribution < 1.29 is 9.50 Å². The lowest BCUT2D eigenvalue weighted by molar-refractivity contribution is 0.186. The van der Waals surface area contributed by atoms with E-state index in [1.165, 1.54) is 0 Å². The van der Waals surface area contributed by atoms with E-state index >= 15 is 0 Å². The first-order valence-electron chi connectivity index (χ1n) is 3.92. The average Bonchev–Trinajstić information content (AvgIpc) is 2.00. The number of thiocarbonyl (C=S) groups is 1. The molecule has 0 rings (SSSR count).